The Morgan fingerprint density at radius 2 is 1.91 bits per heavy atom. The minimum atomic E-state index is 0. The number of ether oxygens (including phenoxy) is 1. The van der Waals surface area contributed by atoms with Crippen LogP contribution in [-0.4, -0.2) is 29.5 Å². The van der Waals surface area contributed by atoms with Crippen molar-refractivity contribution in [1.29, 1.82) is 0 Å². The maximum Gasteiger partial charge on any atom is 0.316 e. The lowest BCUT2D eigenvalue weighted by atomic mass is 10.2. The Kier molecular flexibility index (Phi) is 5.88. The van der Waals surface area contributed by atoms with E-state index in [0.717, 1.165) is 5.56 Å². The van der Waals surface area contributed by atoms with Crippen molar-refractivity contribution in [2.24, 2.45) is 0 Å². The molecule has 56 valence electrons. The molecule has 3 heteroatoms. The molecule has 0 atom stereocenters. The molecule has 0 spiro atoms. The highest BCUT2D eigenvalue weighted by molar-refractivity contribution is 5.75. The Balaban J connectivity index is 0.000001000. The van der Waals surface area contributed by atoms with Crippen LogP contribution in [0.2, 0.25) is 0 Å². The Bertz CT molecular complexity index is 199. The molecule has 0 aliphatic heterocycles. The fourth-order valence-electron chi connectivity index (χ4n) is 0.704. The molecule has 0 radical (unpaired) electrons. The van der Waals surface area contributed by atoms with Gasteiger partial charge in [-0.05, 0) is 5.56 Å². The summed E-state index contributed by atoms with van der Waals surface area (Å²) in [7, 11) is 0. The minimum absolute atomic E-state index is 0. The van der Waals surface area contributed by atoms with Crippen LogP contribution in [0.1, 0.15) is 5.56 Å². The van der Waals surface area contributed by atoms with Gasteiger partial charge in [0.2, 0.25) is 0 Å². The van der Waals surface area contributed by atoms with E-state index in [0.29, 0.717) is 13.1 Å². The summed E-state index contributed by atoms with van der Waals surface area (Å²) in [6.07, 6.45) is 0. The summed E-state index contributed by atoms with van der Waals surface area (Å²) in [5, 5.41) is 0. The summed E-state index contributed by atoms with van der Waals surface area (Å²) < 4.78 is 4.54. The second-order valence-corrected chi connectivity index (χ2v) is 1.89. The molecular weight excluding hydrogens is 152 g/mol. The van der Waals surface area contributed by atoms with E-state index >= 15 is 0 Å². The lowest BCUT2D eigenvalue weighted by molar-refractivity contribution is -0.129. The van der Waals surface area contributed by atoms with Gasteiger partial charge in [-0.25, -0.2) is 0 Å². The van der Waals surface area contributed by atoms with Crippen LogP contribution < -0.4 is 0 Å². The molecule has 0 N–H and O–H groups in total. The fourth-order valence-corrected chi connectivity index (χ4v) is 0.704. The summed E-state index contributed by atoms with van der Waals surface area (Å²) in [4.78, 5) is 9.76. The number of rotatable bonds is 3. The third-order valence-electron chi connectivity index (χ3n) is 1.16. The quantitative estimate of drug-likeness (QED) is 0.476. The molecule has 1 rings (SSSR count). The van der Waals surface area contributed by atoms with E-state index in [4.69, 9.17) is 0 Å². The van der Waals surface area contributed by atoms with Gasteiger partial charge in [0.25, 0.3) is 6.47 Å². The second-order valence-electron chi connectivity index (χ2n) is 1.89. The molecule has 0 saturated heterocycles. The number of hydrogen-bond acceptors (Lipinski definition) is 2. The van der Waals surface area contributed by atoms with Crippen molar-refractivity contribution in [2.45, 2.75) is 6.61 Å². The van der Waals surface area contributed by atoms with E-state index in [9.17, 15) is 4.79 Å². The molecule has 0 heterocycles. The summed E-state index contributed by atoms with van der Waals surface area (Å²) in [5.41, 5.74) is 1.01. The van der Waals surface area contributed by atoms with Gasteiger partial charge < -0.3 is 4.74 Å². The molecule has 11 heavy (non-hydrogen) atoms. The van der Waals surface area contributed by atoms with Crippen molar-refractivity contribution in [1.82, 2.24) is 0 Å². The molecular formula is C8H10MgO2. The first-order valence-electron chi connectivity index (χ1n) is 3.02. The Morgan fingerprint density at radius 1 is 1.27 bits per heavy atom. The summed E-state index contributed by atoms with van der Waals surface area (Å²) in [5.74, 6) is 0. The molecule has 0 aromatic heterocycles. The first kappa shape index (κ1) is 10.5. The monoisotopic (exact) mass is 162 g/mol. The van der Waals surface area contributed by atoms with Gasteiger partial charge in [-0.3, -0.25) is 4.79 Å². The molecule has 0 saturated carbocycles. The van der Waals surface area contributed by atoms with Crippen molar-refractivity contribution >= 4 is 29.5 Å². The third-order valence-corrected chi connectivity index (χ3v) is 1.16. The standard InChI is InChI=1S/C8H8O2.Mg.2H/c9-7-10-6-8-4-2-1-3-5-8;;;/h1-5,7H,6H2;;;. The molecule has 0 amide bonds. The predicted molar refractivity (Wildman–Crippen MR) is 45.8 cm³/mol. The molecule has 1 aromatic carbocycles. The highest BCUT2D eigenvalue weighted by atomic mass is 24.3. The van der Waals surface area contributed by atoms with Crippen molar-refractivity contribution in [3.8, 4) is 0 Å². The Morgan fingerprint density at radius 3 is 2.45 bits per heavy atom. The van der Waals surface area contributed by atoms with Crippen molar-refractivity contribution < 1.29 is 9.53 Å². The fraction of sp³-hybridized carbons (Fsp3) is 0.125. The van der Waals surface area contributed by atoms with Crippen molar-refractivity contribution in [3.05, 3.63) is 35.9 Å². The summed E-state index contributed by atoms with van der Waals surface area (Å²) in [6, 6.07) is 9.55. The maximum absolute atomic E-state index is 9.76. The van der Waals surface area contributed by atoms with Gasteiger partial charge in [0.05, 0.1) is 0 Å². The van der Waals surface area contributed by atoms with Gasteiger partial charge in [0.1, 0.15) is 6.61 Å². The Hall–Kier alpha value is -0.544. The second kappa shape index (κ2) is 6.18. The minimum Gasteiger partial charge on any atom is -0.463 e. The van der Waals surface area contributed by atoms with Crippen LogP contribution in [0.15, 0.2) is 30.3 Å². The van der Waals surface area contributed by atoms with Crippen LogP contribution in [0, 0.1) is 0 Å². The molecule has 0 fully saturated rings. The average Bonchev–Trinajstić information content (AvgIpc) is 2.03. The lowest BCUT2D eigenvalue weighted by Crippen LogP contribution is -1.88. The van der Waals surface area contributed by atoms with Crippen LogP contribution in [0.5, 0.6) is 0 Å². The molecule has 2 nitrogen and oxygen atoms in total. The molecule has 0 bridgehead atoms. The third kappa shape index (κ3) is 4.01. The van der Waals surface area contributed by atoms with E-state index in [1.54, 1.807) is 0 Å². The highest BCUT2D eigenvalue weighted by Crippen LogP contribution is 1.98. The van der Waals surface area contributed by atoms with Gasteiger partial charge in [0, 0.05) is 0 Å². The van der Waals surface area contributed by atoms with Gasteiger partial charge >= 0.3 is 23.1 Å². The van der Waals surface area contributed by atoms with Crippen LogP contribution >= 0.6 is 0 Å². The zero-order valence-electron chi connectivity index (χ0n) is 5.49. The smallest absolute Gasteiger partial charge is 0.316 e. The zero-order valence-corrected chi connectivity index (χ0v) is 5.49. The number of hydrogen-bond donors (Lipinski definition) is 0. The van der Waals surface area contributed by atoms with E-state index in [2.05, 4.69) is 4.74 Å². The average molecular weight is 162 g/mol. The number of benzene rings is 1. The van der Waals surface area contributed by atoms with Crippen LogP contribution in [0.4, 0.5) is 0 Å². The van der Waals surface area contributed by atoms with Crippen molar-refractivity contribution in [2.75, 3.05) is 0 Å². The number of carbonyl (C=O) groups is 1. The van der Waals surface area contributed by atoms with E-state index in [1.165, 1.54) is 0 Å². The van der Waals surface area contributed by atoms with E-state index in [-0.39, 0.29) is 23.1 Å². The Labute approximate surface area is 81.7 Å². The van der Waals surface area contributed by atoms with Gasteiger partial charge in [-0.1, -0.05) is 30.3 Å². The first-order valence-corrected chi connectivity index (χ1v) is 3.02. The molecule has 0 unspecified atom stereocenters. The zero-order chi connectivity index (χ0) is 7.23. The van der Waals surface area contributed by atoms with Crippen molar-refractivity contribution in [3.63, 3.8) is 0 Å². The van der Waals surface area contributed by atoms with Gasteiger partial charge in [0.15, 0.2) is 0 Å². The lowest BCUT2D eigenvalue weighted by Gasteiger charge is -1.95. The maximum atomic E-state index is 9.76. The molecule has 1 aromatic rings. The SMILES string of the molecule is O=COCc1ccccc1.[MgH2]. The molecule has 0 aliphatic rings. The normalized spacial score (nSPS) is 8.00. The van der Waals surface area contributed by atoms with E-state index in [1.807, 2.05) is 30.3 Å². The molecule has 0 aliphatic carbocycles. The van der Waals surface area contributed by atoms with Crippen LogP contribution in [0.3, 0.4) is 0 Å². The first-order chi connectivity index (χ1) is 4.93. The van der Waals surface area contributed by atoms with Crippen LogP contribution in [-0.2, 0) is 16.1 Å². The predicted octanol–water partition coefficient (Wildman–Crippen LogP) is 0.443. The summed E-state index contributed by atoms with van der Waals surface area (Å²) >= 11 is 0. The topological polar surface area (TPSA) is 26.3 Å². The van der Waals surface area contributed by atoms with Crippen LogP contribution in [0.25, 0.3) is 0 Å². The summed E-state index contributed by atoms with van der Waals surface area (Å²) in [6.45, 7) is 0.817. The van der Waals surface area contributed by atoms with Gasteiger partial charge in [-0.15, -0.1) is 0 Å². The van der Waals surface area contributed by atoms with E-state index < -0.39 is 0 Å². The highest BCUT2D eigenvalue weighted by Gasteiger charge is 1.87. The number of carbonyl (C=O) groups excluding carboxylic acids is 1. The van der Waals surface area contributed by atoms with Gasteiger partial charge in [-0.2, -0.15) is 0 Å². The largest absolute Gasteiger partial charge is 0.463 e.